The molecule has 6 nitrogen and oxygen atoms in total. The predicted octanol–water partition coefficient (Wildman–Crippen LogP) is 3.25. The Labute approximate surface area is 134 Å². The Balaban J connectivity index is 0.000000924. The van der Waals surface area contributed by atoms with Gasteiger partial charge in [0.05, 0.1) is 10.9 Å². The maximum Gasteiger partial charge on any atom is 0.335 e. The van der Waals surface area contributed by atoms with Crippen LogP contribution in [-0.2, 0) is 7.05 Å². The molecule has 2 aromatic heterocycles. The molecule has 1 aromatic carbocycles. The fraction of sp³-hybridized carbons (Fsp3) is 0.235. The van der Waals surface area contributed by atoms with Crippen LogP contribution >= 0.6 is 0 Å². The highest BCUT2D eigenvalue weighted by atomic mass is 16.4. The normalized spacial score (nSPS) is 10.3. The molecule has 6 heteroatoms. The summed E-state index contributed by atoms with van der Waals surface area (Å²) in [5, 5.41) is 9.77. The summed E-state index contributed by atoms with van der Waals surface area (Å²) in [4.78, 5) is 19.3. The summed E-state index contributed by atoms with van der Waals surface area (Å²) < 4.78 is 1.95. The SMILES string of the molecule is CC.Cc1c(-c2ccc(C(=O)O)cc2)c2c(N)ncnc2n1C. The van der Waals surface area contributed by atoms with Crippen molar-refractivity contribution >= 4 is 22.8 Å². The summed E-state index contributed by atoms with van der Waals surface area (Å²) in [6, 6.07) is 6.71. The third kappa shape index (κ3) is 2.75. The molecule has 0 fully saturated rings. The quantitative estimate of drug-likeness (QED) is 0.757. The lowest BCUT2D eigenvalue weighted by Crippen LogP contribution is -1.95. The van der Waals surface area contributed by atoms with E-state index in [-0.39, 0.29) is 5.56 Å². The summed E-state index contributed by atoms with van der Waals surface area (Å²) in [6.45, 7) is 5.97. The molecule has 0 saturated heterocycles. The van der Waals surface area contributed by atoms with Gasteiger partial charge in [0.15, 0.2) is 0 Å². The van der Waals surface area contributed by atoms with Gasteiger partial charge < -0.3 is 15.4 Å². The molecule has 0 aliphatic heterocycles. The van der Waals surface area contributed by atoms with Crippen molar-refractivity contribution in [2.45, 2.75) is 20.8 Å². The maximum atomic E-state index is 10.9. The number of carboxylic acid groups (broad SMARTS) is 1. The van der Waals surface area contributed by atoms with E-state index in [1.54, 1.807) is 24.3 Å². The lowest BCUT2D eigenvalue weighted by atomic mass is 10.0. The van der Waals surface area contributed by atoms with Crippen LogP contribution in [0.25, 0.3) is 22.2 Å². The van der Waals surface area contributed by atoms with E-state index < -0.39 is 5.97 Å². The molecule has 0 aliphatic rings. The molecular weight excluding hydrogens is 292 g/mol. The van der Waals surface area contributed by atoms with Crippen molar-refractivity contribution in [1.82, 2.24) is 14.5 Å². The number of hydrogen-bond donors (Lipinski definition) is 2. The van der Waals surface area contributed by atoms with Gasteiger partial charge in [-0.15, -0.1) is 0 Å². The van der Waals surface area contributed by atoms with Gasteiger partial charge in [-0.3, -0.25) is 0 Å². The number of fused-ring (bicyclic) bond motifs is 1. The lowest BCUT2D eigenvalue weighted by Gasteiger charge is -2.04. The van der Waals surface area contributed by atoms with Crippen LogP contribution in [0.1, 0.15) is 29.9 Å². The van der Waals surface area contributed by atoms with Crippen molar-refractivity contribution in [3.05, 3.63) is 41.9 Å². The van der Waals surface area contributed by atoms with Crippen LogP contribution in [0.4, 0.5) is 5.82 Å². The average Bonchev–Trinajstić information content (AvgIpc) is 2.83. The van der Waals surface area contributed by atoms with Gasteiger partial charge in [-0.2, -0.15) is 0 Å². The molecule has 3 rings (SSSR count). The minimum absolute atomic E-state index is 0.251. The second kappa shape index (κ2) is 6.48. The topological polar surface area (TPSA) is 94.0 Å². The fourth-order valence-corrected chi connectivity index (χ4v) is 2.52. The predicted molar refractivity (Wildman–Crippen MR) is 91.4 cm³/mol. The molecule has 0 radical (unpaired) electrons. The van der Waals surface area contributed by atoms with E-state index >= 15 is 0 Å². The van der Waals surface area contributed by atoms with Crippen LogP contribution in [0.3, 0.4) is 0 Å². The van der Waals surface area contributed by atoms with Crippen molar-refractivity contribution in [3.63, 3.8) is 0 Å². The standard InChI is InChI=1S/C15H14N4O2.C2H6/c1-8-11(9-3-5-10(6-4-9)15(20)21)12-13(16)17-7-18-14(12)19(8)2;1-2/h3-7H,1-2H3,(H,20,21)(H2,16,17,18);1-2H3. The number of aryl methyl sites for hydroxylation is 1. The molecule has 120 valence electrons. The molecular formula is C17H20N4O2. The third-order valence-corrected chi connectivity index (χ3v) is 3.71. The van der Waals surface area contributed by atoms with Crippen molar-refractivity contribution < 1.29 is 9.90 Å². The summed E-state index contributed by atoms with van der Waals surface area (Å²) in [6.07, 6.45) is 1.44. The Morgan fingerprint density at radius 2 is 1.78 bits per heavy atom. The number of aromatic nitrogens is 3. The second-order valence-corrected chi connectivity index (χ2v) is 4.86. The molecule has 3 N–H and O–H groups in total. The summed E-state index contributed by atoms with van der Waals surface area (Å²) in [5.41, 5.74) is 9.83. The van der Waals surface area contributed by atoms with Gasteiger partial charge in [0.2, 0.25) is 0 Å². The van der Waals surface area contributed by atoms with E-state index in [0.717, 1.165) is 27.9 Å². The van der Waals surface area contributed by atoms with Crippen molar-refractivity contribution in [1.29, 1.82) is 0 Å². The van der Waals surface area contributed by atoms with Gasteiger partial charge in [-0.1, -0.05) is 26.0 Å². The minimum atomic E-state index is -0.945. The van der Waals surface area contributed by atoms with Gasteiger partial charge >= 0.3 is 5.97 Å². The molecule has 0 amide bonds. The highest BCUT2D eigenvalue weighted by Gasteiger charge is 2.17. The first-order valence-corrected chi connectivity index (χ1v) is 7.40. The Hall–Kier alpha value is -2.89. The maximum absolute atomic E-state index is 10.9. The number of carboxylic acids is 1. The van der Waals surface area contributed by atoms with Crippen LogP contribution in [0.5, 0.6) is 0 Å². The number of rotatable bonds is 2. The Kier molecular flexibility index (Phi) is 4.64. The molecule has 0 atom stereocenters. The Bertz CT molecular complexity index is 851. The van der Waals surface area contributed by atoms with E-state index in [0.29, 0.717) is 5.82 Å². The summed E-state index contributed by atoms with van der Waals surface area (Å²) in [5.74, 6) is -0.528. The lowest BCUT2D eigenvalue weighted by molar-refractivity contribution is 0.0697. The molecule has 3 aromatic rings. The second-order valence-electron chi connectivity index (χ2n) is 4.86. The van der Waals surface area contributed by atoms with E-state index in [9.17, 15) is 4.79 Å². The van der Waals surface area contributed by atoms with E-state index in [1.165, 1.54) is 6.33 Å². The number of nitrogens with two attached hydrogens (primary N) is 1. The van der Waals surface area contributed by atoms with Crippen molar-refractivity contribution in [2.24, 2.45) is 7.05 Å². The monoisotopic (exact) mass is 312 g/mol. The van der Waals surface area contributed by atoms with Gasteiger partial charge in [0.1, 0.15) is 17.8 Å². The number of nitrogens with zero attached hydrogens (tertiary/aromatic N) is 3. The zero-order valence-corrected chi connectivity index (χ0v) is 13.7. The molecule has 0 saturated carbocycles. The van der Waals surface area contributed by atoms with Crippen LogP contribution in [0.2, 0.25) is 0 Å². The van der Waals surface area contributed by atoms with E-state index in [4.69, 9.17) is 10.8 Å². The number of carbonyl (C=O) groups is 1. The highest BCUT2D eigenvalue weighted by molar-refractivity contribution is 6.02. The number of anilines is 1. The number of hydrogen-bond acceptors (Lipinski definition) is 4. The number of aromatic carboxylic acids is 1. The van der Waals surface area contributed by atoms with Crippen LogP contribution in [-0.4, -0.2) is 25.6 Å². The van der Waals surface area contributed by atoms with Gasteiger partial charge in [0, 0.05) is 18.3 Å². The summed E-state index contributed by atoms with van der Waals surface area (Å²) in [7, 11) is 1.92. The zero-order chi connectivity index (χ0) is 17.1. The number of benzene rings is 1. The van der Waals surface area contributed by atoms with Crippen molar-refractivity contribution in [2.75, 3.05) is 5.73 Å². The average molecular weight is 312 g/mol. The van der Waals surface area contributed by atoms with Gasteiger partial charge in [-0.05, 0) is 24.6 Å². The van der Waals surface area contributed by atoms with Gasteiger partial charge in [-0.25, -0.2) is 14.8 Å². The number of nitrogen functional groups attached to an aromatic ring is 1. The Morgan fingerprint density at radius 1 is 1.17 bits per heavy atom. The smallest absolute Gasteiger partial charge is 0.335 e. The minimum Gasteiger partial charge on any atom is -0.478 e. The third-order valence-electron chi connectivity index (χ3n) is 3.71. The first-order valence-electron chi connectivity index (χ1n) is 7.40. The highest BCUT2D eigenvalue weighted by Crippen LogP contribution is 2.35. The van der Waals surface area contributed by atoms with Crippen LogP contribution in [0.15, 0.2) is 30.6 Å². The first-order chi connectivity index (χ1) is 11.0. The molecule has 0 aliphatic carbocycles. The Morgan fingerprint density at radius 3 is 2.35 bits per heavy atom. The summed E-state index contributed by atoms with van der Waals surface area (Å²) >= 11 is 0. The van der Waals surface area contributed by atoms with Crippen LogP contribution < -0.4 is 5.73 Å². The molecule has 0 spiro atoms. The van der Waals surface area contributed by atoms with E-state index in [2.05, 4.69) is 9.97 Å². The molecule has 0 bridgehead atoms. The fourth-order valence-electron chi connectivity index (χ4n) is 2.52. The van der Waals surface area contributed by atoms with Crippen molar-refractivity contribution in [3.8, 4) is 11.1 Å². The molecule has 23 heavy (non-hydrogen) atoms. The largest absolute Gasteiger partial charge is 0.478 e. The first kappa shape index (κ1) is 16.5. The zero-order valence-electron chi connectivity index (χ0n) is 13.7. The van der Waals surface area contributed by atoms with Gasteiger partial charge in [0.25, 0.3) is 0 Å². The molecule has 0 unspecified atom stereocenters. The van der Waals surface area contributed by atoms with E-state index in [1.807, 2.05) is 32.4 Å². The van der Waals surface area contributed by atoms with Crippen LogP contribution in [0, 0.1) is 6.92 Å². The molecule has 2 heterocycles.